The van der Waals surface area contributed by atoms with Gasteiger partial charge in [0.15, 0.2) is 6.10 Å². The molecule has 6 nitrogen and oxygen atoms in total. The van der Waals surface area contributed by atoms with Gasteiger partial charge in [0.1, 0.15) is 13.2 Å². The summed E-state index contributed by atoms with van der Waals surface area (Å²) in [6, 6.07) is 0. The maximum absolute atomic E-state index is 12.8. The van der Waals surface area contributed by atoms with Crippen molar-refractivity contribution in [1.29, 1.82) is 0 Å². The molecule has 0 amide bonds. The predicted molar refractivity (Wildman–Crippen MR) is 325 cm³/mol. The first kappa shape index (κ1) is 70.8. The number of rotatable bonds is 55. The molecule has 0 bridgehead atoms. The van der Waals surface area contributed by atoms with Crippen molar-refractivity contribution in [2.45, 2.75) is 284 Å². The lowest BCUT2D eigenvalue weighted by Crippen LogP contribution is -2.30. The van der Waals surface area contributed by atoms with E-state index in [0.29, 0.717) is 19.3 Å². The van der Waals surface area contributed by atoms with Crippen LogP contribution in [0.4, 0.5) is 0 Å². The smallest absolute Gasteiger partial charge is 0.306 e. The Morgan fingerprint density at radius 2 is 0.533 bits per heavy atom. The van der Waals surface area contributed by atoms with E-state index in [1.807, 2.05) is 0 Å². The Labute approximate surface area is 462 Å². The van der Waals surface area contributed by atoms with Crippen molar-refractivity contribution in [1.82, 2.24) is 0 Å². The van der Waals surface area contributed by atoms with E-state index in [0.717, 1.165) is 116 Å². The predicted octanol–water partition coefficient (Wildman–Crippen LogP) is 21.2. The lowest BCUT2D eigenvalue weighted by Gasteiger charge is -2.18. The van der Waals surface area contributed by atoms with E-state index in [-0.39, 0.29) is 37.5 Å². The molecule has 0 fully saturated rings. The summed E-state index contributed by atoms with van der Waals surface area (Å²) in [6.07, 6.45) is 86.9. The molecule has 0 rings (SSSR count). The molecule has 426 valence electrons. The van der Waals surface area contributed by atoms with E-state index >= 15 is 0 Å². The summed E-state index contributed by atoms with van der Waals surface area (Å²) in [7, 11) is 0. The van der Waals surface area contributed by atoms with Gasteiger partial charge in [-0.1, -0.05) is 271 Å². The van der Waals surface area contributed by atoms with Crippen molar-refractivity contribution in [3.63, 3.8) is 0 Å². The molecule has 0 saturated heterocycles. The third-order valence-electron chi connectivity index (χ3n) is 13.0. The molecule has 0 aliphatic heterocycles. The van der Waals surface area contributed by atoms with Crippen LogP contribution in [0.5, 0.6) is 0 Å². The zero-order valence-corrected chi connectivity index (χ0v) is 48.8. The van der Waals surface area contributed by atoms with Gasteiger partial charge < -0.3 is 14.2 Å². The van der Waals surface area contributed by atoms with Crippen LogP contribution >= 0.6 is 0 Å². The van der Waals surface area contributed by atoms with Crippen molar-refractivity contribution in [2.75, 3.05) is 13.2 Å². The molecular weight excluding hydrogens is 925 g/mol. The largest absolute Gasteiger partial charge is 0.462 e. The number of esters is 3. The molecule has 1 atom stereocenters. The number of allylic oxidation sites excluding steroid dienone is 20. The van der Waals surface area contributed by atoms with Crippen molar-refractivity contribution in [2.24, 2.45) is 0 Å². The molecule has 0 aliphatic rings. The number of hydrogen-bond acceptors (Lipinski definition) is 6. The highest BCUT2D eigenvalue weighted by Gasteiger charge is 2.19. The van der Waals surface area contributed by atoms with Gasteiger partial charge in [-0.3, -0.25) is 14.4 Å². The highest BCUT2D eigenvalue weighted by molar-refractivity contribution is 5.71. The Morgan fingerprint density at radius 3 is 0.853 bits per heavy atom. The highest BCUT2D eigenvalue weighted by atomic mass is 16.6. The van der Waals surface area contributed by atoms with Gasteiger partial charge in [-0.2, -0.15) is 0 Å². The maximum Gasteiger partial charge on any atom is 0.306 e. The molecule has 0 aliphatic carbocycles. The van der Waals surface area contributed by atoms with E-state index in [2.05, 4.69) is 142 Å². The minimum atomic E-state index is -0.808. The number of unbranched alkanes of at least 4 members (excludes halogenated alkanes) is 24. The lowest BCUT2D eigenvalue weighted by atomic mass is 10.0. The number of carbonyl (C=O) groups is 3. The number of carbonyl (C=O) groups excluding carboxylic acids is 3. The molecule has 0 spiro atoms. The van der Waals surface area contributed by atoms with Gasteiger partial charge in [-0.15, -0.1) is 0 Å². The second-order valence-corrected chi connectivity index (χ2v) is 20.2. The third kappa shape index (κ3) is 60.6. The minimum Gasteiger partial charge on any atom is -0.462 e. The molecule has 0 aromatic rings. The van der Waals surface area contributed by atoms with Gasteiger partial charge in [-0.05, 0) is 109 Å². The van der Waals surface area contributed by atoms with Crippen LogP contribution in [0.15, 0.2) is 122 Å². The van der Waals surface area contributed by atoms with Crippen LogP contribution in [0, 0.1) is 0 Å². The third-order valence-corrected chi connectivity index (χ3v) is 13.0. The topological polar surface area (TPSA) is 78.9 Å². The van der Waals surface area contributed by atoms with Crippen LogP contribution in [-0.4, -0.2) is 37.2 Å². The summed E-state index contributed by atoms with van der Waals surface area (Å²) in [4.78, 5) is 37.9. The maximum atomic E-state index is 12.8. The van der Waals surface area contributed by atoms with Crippen LogP contribution in [0.25, 0.3) is 0 Å². The number of hydrogen-bond donors (Lipinski definition) is 0. The molecule has 0 aromatic carbocycles. The summed E-state index contributed by atoms with van der Waals surface area (Å²) in [5, 5.41) is 0. The average Bonchev–Trinajstić information content (AvgIpc) is 3.41. The summed E-state index contributed by atoms with van der Waals surface area (Å²) >= 11 is 0. The zero-order valence-electron chi connectivity index (χ0n) is 48.8. The van der Waals surface area contributed by atoms with Gasteiger partial charge in [0, 0.05) is 19.3 Å². The van der Waals surface area contributed by atoms with Gasteiger partial charge in [-0.25, -0.2) is 0 Å². The van der Waals surface area contributed by atoms with Gasteiger partial charge in [0.25, 0.3) is 0 Å². The minimum absolute atomic E-state index is 0.103. The molecule has 75 heavy (non-hydrogen) atoms. The van der Waals surface area contributed by atoms with Gasteiger partial charge in [0.2, 0.25) is 0 Å². The Bertz CT molecular complexity index is 1570. The second-order valence-electron chi connectivity index (χ2n) is 20.2. The van der Waals surface area contributed by atoms with Crippen LogP contribution in [0.3, 0.4) is 0 Å². The van der Waals surface area contributed by atoms with E-state index in [4.69, 9.17) is 14.2 Å². The van der Waals surface area contributed by atoms with Crippen LogP contribution < -0.4 is 0 Å². The lowest BCUT2D eigenvalue weighted by molar-refractivity contribution is -0.167. The fourth-order valence-corrected chi connectivity index (χ4v) is 8.32. The van der Waals surface area contributed by atoms with E-state index in [1.54, 1.807) is 0 Å². The number of ether oxygens (including phenoxy) is 3. The zero-order chi connectivity index (χ0) is 54.3. The van der Waals surface area contributed by atoms with Crippen molar-refractivity contribution in [3.05, 3.63) is 122 Å². The molecule has 0 saturated carbocycles. The summed E-state index contributed by atoms with van der Waals surface area (Å²) < 4.78 is 16.7. The summed E-state index contributed by atoms with van der Waals surface area (Å²) in [5.74, 6) is -0.978. The monoisotopic (exact) mass is 1040 g/mol. The standard InChI is InChI=1S/C69H114O6/c1-4-7-10-13-15-17-19-21-23-25-27-29-31-32-33-34-35-36-38-39-41-43-45-47-49-51-53-56-59-62-68(71)74-65-66(64-73-67(70)61-58-55-12-9-6-3)75-69(72)63-60-57-54-52-50-48-46-44-42-40-37-30-28-26-24-22-20-18-16-14-11-8-5-2/h8,11,16,18-19,21-22,24-25,27-28,30-32,40,42,46,48,52,54,66H,4-7,9-10,12-15,17,20,23,26,29,33-39,41,43-45,47,49-51,53,55-65H2,1-3H3/b11-8-,18-16-,21-19-,24-22-,27-25-,30-28-,32-31-,42-40-,48-46-,54-52-. The molecule has 1 unspecified atom stereocenters. The molecule has 6 heteroatoms. The fraction of sp³-hybridized carbons (Fsp3) is 0.667. The molecule has 0 aromatic heterocycles. The van der Waals surface area contributed by atoms with Gasteiger partial charge >= 0.3 is 17.9 Å². The Balaban J connectivity index is 4.14. The highest BCUT2D eigenvalue weighted by Crippen LogP contribution is 2.15. The SMILES string of the molecule is CC/C=C\C/C=C\C/C=C\C/C=C\C/C=C\C/C=C\C/C=C\CCCC(=O)OC(COC(=O)CCCCCCC)COC(=O)CCCCCCCCCCCCCCCC/C=C\C/C=C\C/C=C\CCCCCCC. The van der Waals surface area contributed by atoms with Crippen LogP contribution in [0.2, 0.25) is 0 Å². The Kier molecular flexibility index (Phi) is 58.9. The van der Waals surface area contributed by atoms with Crippen molar-refractivity contribution >= 4 is 17.9 Å². The van der Waals surface area contributed by atoms with E-state index < -0.39 is 6.10 Å². The first-order valence-corrected chi connectivity index (χ1v) is 31.0. The molecule has 0 heterocycles. The quantitative estimate of drug-likeness (QED) is 0.0261. The normalized spacial score (nSPS) is 12.9. The molecule has 0 N–H and O–H groups in total. The average molecular weight is 1040 g/mol. The molecule has 0 radical (unpaired) electrons. The summed E-state index contributed by atoms with van der Waals surface area (Å²) in [6.45, 7) is 6.38. The van der Waals surface area contributed by atoms with Crippen molar-refractivity contribution < 1.29 is 28.6 Å². The van der Waals surface area contributed by atoms with Gasteiger partial charge in [0.05, 0.1) is 0 Å². The van der Waals surface area contributed by atoms with Crippen molar-refractivity contribution in [3.8, 4) is 0 Å². The fourth-order valence-electron chi connectivity index (χ4n) is 8.32. The Hall–Kier alpha value is -4.19. The second kappa shape index (κ2) is 62.4. The van der Waals surface area contributed by atoms with Crippen LogP contribution in [-0.2, 0) is 28.6 Å². The van der Waals surface area contributed by atoms with Crippen LogP contribution in [0.1, 0.15) is 278 Å². The molecular formula is C69H114O6. The Morgan fingerprint density at radius 1 is 0.280 bits per heavy atom. The summed E-state index contributed by atoms with van der Waals surface area (Å²) in [5.41, 5.74) is 0. The first-order valence-electron chi connectivity index (χ1n) is 31.0. The van der Waals surface area contributed by atoms with E-state index in [1.165, 1.54) is 116 Å². The van der Waals surface area contributed by atoms with E-state index in [9.17, 15) is 14.4 Å². The first-order chi connectivity index (χ1) is 37.0.